The Kier molecular flexibility index (Phi) is 4.51. The molecule has 0 saturated carbocycles. The summed E-state index contributed by atoms with van der Waals surface area (Å²) in [5.74, 6) is -0.631. The number of esters is 1. The molecule has 0 aliphatic carbocycles. The van der Waals surface area contributed by atoms with E-state index in [1.807, 2.05) is 0 Å². The van der Waals surface area contributed by atoms with Crippen LogP contribution in [0.3, 0.4) is 0 Å². The summed E-state index contributed by atoms with van der Waals surface area (Å²) >= 11 is 0.899. The first kappa shape index (κ1) is 15.4. The second-order valence-corrected chi connectivity index (χ2v) is 4.68. The van der Waals surface area contributed by atoms with Crippen LogP contribution in [0.15, 0.2) is 39.3 Å². The van der Waals surface area contributed by atoms with E-state index in [9.17, 15) is 18.0 Å². The lowest BCUT2D eigenvalue weighted by molar-refractivity contribution is -0.137. The Morgan fingerprint density at radius 2 is 2.19 bits per heavy atom. The molecule has 5 nitrogen and oxygen atoms in total. The van der Waals surface area contributed by atoms with E-state index in [0.29, 0.717) is 0 Å². The molecule has 2 aromatic heterocycles. The first-order valence-electron chi connectivity index (χ1n) is 5.74. The van der Waals surface area contributed by atoms with Crippen molar-refractivity contribution in [1.82, 2.24) is 9.97 Å². The zero-order valence-corrected chi connectivity index (χ0v) is 11.5. The Balaban J connectivity index is 2.07. The van der Waals surface area contributed by atoms with E-state index in [1.54, 1.807) is 6.92 Å². The van der Waals surface area contributed by atoms with E-state index >= 15 is 0 Å². The molecule has 0 aliphatic heterocycles. The van der Waals surface area contributed by atoms with Crippen molar-refractivity contribution in [1.29, 1.82) is 0 Å². The average Bonchev–Trinajstić information content (AvgIpc) is 2.87. The lowest BCUT2D eigenvalue weighted by atomic mass is 10.3. The predicted octanol–water partition coefficient (Wildman–Crippen LogP) is 3.42. The number of rotatable bonds is 4. The zero-order valence-electron chi connectivity index (χ0n) is 10.7. The topological polar surface area (TPSA) is 65.2 Å². The molecule has 0 N–H and O–H groups in total. The molecule has 0 amide bonds. The third kappa shape index (κ3) is 3.97. The summed E-state index contributed by atoms with van der Waals surface area (Å²) < 4.78 is 46.9. The van der Waals surface area contributed by atoms with Crippen LogP contribution in [-0.4, -0.2) is 22.5 Å². The summed E-state index contributed by atoms with van der Waals surface area (Å²) in [6.07, 6.45) is -2.60. The van der Waals surface area contributed by atoms with Gasteiger partial charge in [0.05, 0.1) is 12.2 Å². The van der Waals surface area contributed by atoms with E-state index in [2.05, 4.69) is 9.97 Å². The number of oxazole rings is 1. The van der Waals surface area contributed by atoms with Crippen LogP contribution in [0.25, 0.3) is 0 Å². The zero-order chi connectivity index (χ0) is 15.5. The number of halogens is 3. The highest BCUT2D eigenvalue weighted by Crippen LogP contribution is 2.31. The van der Waals surface area contributed by atoms with E-state index in [0.717, 1.165) is 30.3 Å². The molecule has 0 fully saturated rings. The van der Waals surface area contributed by atoms with Crippen LogP contribution in [0.5, 0.6) is 0 Å². The number of carbonyl (C=O) groups is 1. The van der Waals surface area contributed by atoms with Crippen molar-refractivity contribution in [3.8, 4) is 0 Å². The highest BCUT2D eigenvalue weighted by atomic mass is 32.2. The number of pyridine rings is 1. The number of nitrogens with zero attached hydrogens (tertiary/aromatic N) is 2. The predicted molar refractivity (Wildman–Crippen MR) is 65.8 cm³/mol. The molecule has 0 radical (unpaired) electrons. The summed E-state index contributed by atoms with van der Waals surface area (Å²) in [5, 5.41) is 0.352. The number of hydrogen-bond donors (Lipinski definition) is 0. The van der Waals surface area contributed by atoms with Crippen molar-refractivity contribution < 1.29 is 27.1 Å². The molecule has 112 valence electrons. The van der Waals surface area contributed by atoms with E-state index < -0.39 is 17.7 Å². The molecule has 2 aromatic rings. The van der Waals surface area contributed by atoms with Gasteiger partial charge >= 0.3 is 12.1 Å². The van der Waals surface area contributed by atoms with Crippen LogP contribution in [0.2, 0.25) is 0 Å². The molecule has 0 atom stereocenters. The second kappa shape index (κ2) is 6.17. The SMILES string of the molecule is CCOC(=O)c1coc(Sc2ccc(C(F)(F)F)cn2)n1. The Hall–Kier alpha value is -2.03. The Morgan fingerprint density at radius 1 is 1.43 bits per heavy atom. The van der Waals surface area contributed by atoms with Crippen molar-refractivity contribution in [3.05, 3.63) is 35.9 Å². The maximum atomic E-state index is 12.4. The van der Waals surface area contributed by atoms with Crippen molar-refractivity contribution in [2.75, 3.05) is 6.61 Å². The minimum absolute atomic E-state index is 0.00809. The van der Waals surface area contributed by atoms with Crippen LogP contribution in [-0.2, 0) is 10.9 Å². The largest absolute Gasteiger partial charge is 0.461 e. The summed E-state index contributed by atoms with van der Waals surface area (Å²) in [5.41, 5.74) is -0.849. The molecule has 0 bridgehead atoms. The van der Waals surface area contributed by atoms with Gasteiger partial charge in [-0.05, 0) is 30.8 Å². The Bertz CT molecular complexity index is 625. The van der Waals surface area contributed by atoms with Gasteiger partial charge in [0, 0.05) is 6.20 Å². The first-order valence-corrected chi connectivity index (χ1v) is 6.55. The molecule has 0 aromatic carbocycles. The van der Waals surface area contributed by atoms with Crippen molar-refractivity contribution >= 4 is 17.7 Å². The maximum absolute atomic E-state index is 12.4. The summed E-state index contributed by atoms with van der Waals surface area (Å²) in [6.45, 7) is 1.86. The monoisotopic (exact) mass is 318 g/mol. The van der Waals surface area contributed by atoms with Crippen LogP contribution in [0, 0.1) is 0 Å². The Morgan fingerprint density at radius 3 is 2.76 bits per heavy atom. The van der Waals surface area contributed by atoms with Gasteiger partial charge in [-0.2, -0.15) is 18.2 Å². The van der Waals surface area contributed by atoms with Gasteiger partial charge in [-0.15, -0.1) is 0 Å². The number of alkyl halides is 3. The van der Waals surface area contributed by atoms with Gasteiger partial charge in [-0.25, -0.2) is 9.78 Å². The van der Waals surface area contributed by atoms with E-state index in [-0.39, 0.29) is 22.5 Å². The van der Waals surface area contributed by atoms with E-state index in [1.165, 1.54) is 6.07 Å². The van der Waals surface area contributed by atoms with Gasteiger partial charge in [0.15, 0.2) is 5.69 Å². The van der Waals surface area contributed by atoms with Crippen LogP contribution in [0.4, 0.5) is 13.2 Å². The molecule has 2 rings (SSSR count). The smallest absolute Gasteiger partial charge is 0.417 e. The second-order valence-electron chi connectivity index (χ2n) is 3.70. The standard InChI is InChI=1S/C12H9F3N2O3S/c1-2-19-10(18)8-6-20-11(17-8)21-9-4-3-7(5-16-9)12(13,14)15/h3-6H,2H2,1H3. The number of carbonyl (C=O) groups excluding carboxylic acids is 1. The van der Waals surface area contributed by atoms with Crippen molar-refractivity contribution in [2.45, 2.75) is 23.3 Å². The number of hydrogen-bond acceptors (Lipinski definition) is 6. The van der Waals surface area contributed by atoms with Crippen molar-refractivity contribution in [2.24, 2.45) is 0 Å². The fourth-order valence-corrected chi connectivity index (χ4v) is 1.96. The van der Waals surface area contributed by atoms with Crippen LogP contribution >= 0.6 is 11.8 Å². The molecule has 21 heavy (non-hydrogen) atoms. The lowest BCUT2D eigenvalue weighted by Gasteiger charge is -2.05. The quantitative estimate of drug-likeness (QED) is 0.805. The molecule has 0 unspecified atom stereocenters. The molecule has 9 heteroatoms. The molecule has 0 spiro atoms. The lowest BCUT2D eigenvalue weighted by Crippen LogP contribution is -2.05. The van der Waals surface area contributed by atoms with Gasteiger partial charge in [-0.3, -0.25) is 0 Å². The van der Waals surface area contributed by atoms with Gasteiger partial charge < -0.3 is 9.15 Å². The summed E-state index contributed by atoms with van der Waals surface area (Å²) in [7, 11) is 0. The Labute approximate surface area is 121 Å². The summed E-state index contributed by atoms with van der Waals surface area (Å²) in [6, 6.07) is 2.10. The van der Waals surface area contributed by atoms with Crippen LogP contribution < -0.4 is 0 Å². The third-order valence-corrected chi connectivity index (χ3v) is 3.04. The number of aromatic nitrogens is 2. The minimum atomic E-state index is -4.43. The normalized spacial score (nSPS) is 11.4. The first-order chi connectivity index (χ1) is 9.90. The third-order valence-electron chi connectivity index (χ3n) is 2.22. The van der Waals surface area contributed by atoms with Gasteiger partial charge in [0.1, 0.15) is 11.3 Å². The van der Waals surface area contributed by atoms with Gasteiger partial charge in [0.2, 0.25) is 0 Å². The molecule has 0 aliphatic rings. The molecular weight excluding hydrogens is 309 g/mol. The molecule has 2 heterocycles. The van der Waals surface area contributed by atoms with Gasteiger partial charge in [0.25, 0.3) is 5.22 Å². The maximum Gasteiger partial charge on any atom is 0.417 e. The average molecular weight is 318 g/mol. The van der Waals surface area contributed by atoms with E-state index in [4.69, 9.17) is 9.15 Å². The highest BCUT2D eigenvalue weighted by molar-refractivity contribution is 7.99. The highest BCUT2D eigenvalue weighted by Gasteiger charge is 2.30. The fourth-order valence-electron chi connectivity index (χ4n) is 1.30. The minimum Gasteiger partial charge on any atom is -0.461 e. The number of ether oxygens (including phenoxy) is 1. The fraction of sp³-hybridized carbons (Fsp3) is 0.250. The van der Waals surface area contributed by atoms with Crippen LogP contribution in [0.1, 0.15) is 23.0 Å². The summed E-state index contributed by atoms with van der Waals surface area (Å²) in [4.78, 5) is 18.9. The van der Waals surface area contributed by atoms with Crippen molar-refractivity contribution in [3.63, 3.8) is 0 Å². The molecule has 0 saturated heterocycles. The molecular formula is C12H9F3N2O3S. The van der Waals surface area contributed by atoms with Gasteiger partial charge in [-0.1, -0.05) is 0 Å².